The van der Waals surface area contributed by atoms with Crippen molar-refractivity contribution in [3.8, 4) is 0 Å². The summed E-state index contributed by atoms with van der Waals surface area (Å²) in [5.41, 5.74) is 0.344. The second kappa shape index (κ2) is 11.2. The fourth-order valence-electron chi connectivity index (χ4n) is 5.04. The van der Waals surface area contributed by atoms with Gasteiger partial charge < -0.3 is 15.1 Å². The highest BCUT2D eigenvalue weighted by atomic mass is 32.2. The van der Waals surface area contributed by atoms with Gasteiger partial charge in [-0.1, -0.05) is 32.8 Å². The Morgan fingerprint density at radius 2 is 1.74 bits per heavy atom. The minimum absolute atomic E-state index is 0.0200. The molecule has 2 aliphatic rings. The molecule has 190 valence electrons. The van der Waals surface area contributed by atoms with Crippen LogP contribution in [0.3, 0.4) is 0 Å². The SMILES string of the molecule is CN(C)CC(C)(C)CNC(=O)C1CCN(C(=O)c2cccc(S(=O)(=O)NC3CCCC3)c2)CC1. The molecule has 2 amide bonds. The lowest BCUT2D eigenvalue weighted by atomic mass is 9.91. The zero-order chi connectivity index (χ0) is 24.9. The van der Waals surface area contributed by atoms with Crippen LogP contribution >= 0.6 is 0 Å². The lowest BCUT2D eigenvalue weighted by Gasteiger charge is -2.33. The van der Waals surface area contributed by atoms with E-state index in [1.165, 1.54) is 12.1 Å². The molecule has 2 fully saturated rings. The van der Waals surface area contributed by atoms with Crippen molar-refractivity contribution in [2.75, 3.05) is 40.3 Å². The third-order valence-electron chi connectivity index (χ3n) is 6.71. The molecule has 8 nitrogen and oxygen atoms in total. The number of rotatable bonds is 9. The van der Waals surface area contributed by atoms with E-state index in [1.54, 1.807) is 17.0 Å². The molecule has 1 aromatic rings. The van der Waals surface area contributed by atoms with Crippen molar-refractivity contribution < 1.29 is 18.0 Å². The molecule has 34 heavy (non-hydrogen) atoms. The van der Waals surface area contributed by atoms with Gasteiger partial charge in [0, 0.05) is 43.7 Å². The zero-order valence-electron chi connectivity index (χ0n) is 21.0. The third-order valence-corrected chi connectivity index (χ3v) is 8.22. The Morgan fingerprint density at radius 3 is 2.35 bits per heavy atom. The number of hydrogen-bond acceptors (Lipinski definition) is 5. The molecule has 0 bridgehead atoms. The zero-order valence-corrected chi connectivity index (χ0v) is 21.8. The molecule has 2 N–H and O–H groups in total. The smallest absolute Gasteiger partial charge is 0.253 e. The van der Waals surface area contributed by atoms with Gasteiger partial charge in [0.1, 0.15) is 0 Å². The van der Waals surface area contributed by atoms with Gasteiger partial charge in [0.05, 0.1) is 4.90 Å². The third kappa shape index (κ3) is 7.26. The molecular formula is C25H40N4O4S. The van der Waals surface area contributed by atoms with E-state index in [-0.39, 0.29) is 34.1 Å². The second-order valence-corrected chi connectivity index (χ2v) is 12.5. The molecule has 1 aliphatic heterocycles. The number of likely N-dealkylation sites (tertiary alicyclic amines) is 1. The summed E-state index contributed by atoms with van der Waals surface area (Å²) < 4.78 is 28.3. The highest BCUT2D eigenvalue weighted by Crippen LogP contribution is 2.23. The fourth-order valence-corrected chi connectivity index (χ4v) is 6.39. The van der Waals surface area contributed by atoms with Crippen LogP contribution in [0.5, 0.6) is 0 Å². The lowest BCUT2D eigenvalue weighted by Crippen LogP contribution is -2.46. The molecular weight excluding hydrogens is 452 g/mol. The van der Waals surface area contributed by atoms with E-state index in [9.17, 15) is 18.0 Å². The van der Waals surface area contributed by atoms with E-state index in [0.29, 0.717) is 38.0 Å². The van der Waals surface area contributed by atoms with Crippen molar-refractivity contribution in [2.45, 2.75) is 63.3 Å². The summed E-state index contributed by atoms with van der Waals surface area (Å²) in [5, 5.41) is 3.08. The van der Waals surface area contributed by atoms with Crippen molar-refractivity contribution >= 4 is 21.8 Å². The number of amides is 2. The van der Waals surface area contributed by atoms with Gasteiger partial charge in [-0.25, -0.2) is 13.1 Å². The Bertz CT molecular complexity index is 963. The predicted molar refractivity (Wildman–Crippen MR) is 133 cm³/mol. The molecule has 0 spiro atoms. The van der Waals surface area contributed by atoms with E-state index < -0.39 is 10.0 Å². The first-order chi connectivity index (χ1) is 16.0. The van der Waals surface area contributed by atoms with Crippen molar-refractivity contribution in [1.29, 1.82) is 0 Å². The van der Waals surface area contributed by atoms with E-state index in [1.807, 2.05) is 14.1 Å². The summed E-state index contributed by atoms with van der Waals surface area (Å²) in [6.07, 6.45) is 4.99. The number of nitrogens with zero attached hydrogens (tertiary/aromatic N) is 2. The van der Waals surface area contributed by atoms with Gasteiger partial charge in [0.15, 0.2) is 0 Å². The maximum absolute atomic E-state index is 13.1. The summed E-state index contributed by atoms with van der Waals surface area (Å²) in [6.45, 7) is 6.72. The van der Waals surface area contributed by atoms with Crippen LogP contribution in [0.25, 0.3) is 0 Å². The van der Waals surface area contributed by atoms with Gasteiger partial charge in [-0.2, -0.15) is 0 Å². The summed E-state index contributed by atoms with van der Waals surface area (Å²) >= 11 is 0. The van der Waals surface area contributed by atoms with Crippen LogP contribution in [0.1, 0.15) is 62.7 Å². The monoisotopic (exact) mass is 492 g/mol. The maximum atomic E-state index is 13.1. The predicted octanol–water partition coefficient (Wildman–Crippen LogP) is 2.46. The first-order valence-corrected chi connectivity index (χ1v) is 13.8. The Morgan fingerprint density at radius 1 is 1.09 bits per heavy atom. The summed E-state index contributed by atoms with van der Waals surface area (Å²) in [7, 11) is 0.389. The van der Waals surface area contributed by atoms with Crippen LogP contribution in [-0.4, -0.2) is 76.3 Å². The van der Waals surface area contributed by atoms with Crippen LogP contribution in [-0.2, 0) is 14.8 Å². The molecule has 1 saturated carbocycles. The van der Waals surface area contributed by atoms with Gasteiger partial charge in [-0.3, -0.25) is 9.59 Å². The molecule has 0 atom stereocenters. The van der Waals surface area contributed by atoms with Gasteiger partial charge in [0.2, 0.25) is 15.9 Å². The van der Waals surface area contributed by atoms with Crippen LogP contribution in [0.4, 0.5) is 0 Å². The average molecular weight is 493 g/mol. The topological polar surface area (TPSA) is 98.8 Å². The van der Waals surface area contributed by atoms with Crippen LogP contribution in [0.15, 0.2) is 29.2 Å². The quantitative estimate of drug-likeness (QED) is 0.552. The number of piperidine rings is 1. The van der Waals surface area contributed by atoms with Gasteiger partial charge in [0.25, 0.3) is 5.91 Å². The van der Waals surface area contributed by atoms with Crippen molar-refractivity contribution in [3.05, 3.63) is 29.8 Å². The first kappa shape index (κ1) is 26.6. The van der Waals surface area contributed by atoms with Crippen molar-refractivity contribution in [3.63, 3.8) is 0 Å². The first-order valence-electron chi connectivity index (χ1n) is 12.3. The maximum Gasteiger partial charge on any atom is 0.253 e. The normalized spacial score (nSPS) is 18.4. The molecule has 3 rings (SSSR count). The highest BCUT2D eigenvalue weighted by molar-refractivity contribution is 7.89. The Balaban J connectivity index is 1.54. The minimum Gasteiger partial charge on any atom is -0.355 e. The van der Waals surface area contributed by atoms with Crippen LogP contribution in [0, 0.1) is 11.3 Å². The molecule has 9 heteroatoms. The van der Waals surface area contributed by atoms with Crippen LogP contribution < -0.4 is 10.0 Å². The summed E-state index contributed by atoms with van der Waals surface area (Å²) in [5.74, 6) is -0.254. The Kier molecular flexibility index (Phi) is 8.76. The second-order valence-electron chi connectivity index (χ2n) is 10.8. The van der Waals surface area contributed by atoms with E-state index in [0.717, 1.165) is 32.2 Å². The number of carbonyl (C=O) groups excluding carboxylic acids is 2. The lowest BCUT2D eigenvalue weighted by molar-refractivity contribution is -0.126. The molecule has 0 unspecified atom stereocenters. The number of hydrogen-bond donors (Lipinski definition) is 2. The average Bonchev–Trinajstić information content (AvgIpc) is 3.29. The van der Waals surface area contributed by atoms with Gasteiger partial charge >= 0.3 is 0 Å². The van der Waals surface area contributed by atoms with Gasteiger partial charge in [-0.05, 0) is 63.4 Å². The number of benzene rings is 1. The Labute approximate surface area is 204 Å². The number of sulfonamides is 1. The molecule has 0 aromatic heterocycles. The highest BCUT2D eigenvalue weighted by Gasteiger charge is 2.30. The molecule has 1 aromatic carbocycles. The van der Waals surface area contributed by atoms with Crippen LogP contribution in [0.2, 0.25) is 0 Å². The van der Waals surface area contributed by atoms with Gasteiger partial charge in [-0.15, -0.1) is 0 Å². The van der Waals surface area contributed by atoms with E-state index in [4.69, 9.17) is 0 Å². The molecule has 1 aliphatic carbocycles. The fraction of sp³-hybridized carbons (Fsp3) is 0.680. The standard InChI is InChI=1S/C25H40N4O4S/c1-25(2,18-28(3)4)17-26-23(30)19-12-14-29(15-13-19)24(31)20-8-7-11-22(16-20)34(32,33)27-21-9-5-6-10-21/h7-8,11,16,19,21,27H,5-6,9-10,12-15,17-18H2,1-4H3,(H,26,30). The Hall–Kier alpha value is -1.97. The molecule has 0 radical (unpaired) electrons. The molecule has 1 saturated heterocycles. The van der Waals surface area contributed by atoms with E-state index >= 15 is 0 Å². The minimum atomic E-state index is -3.65. The largest absolute Gasteiger partial charge is 0.355 e. The van der Waals surface area contributed by atoms with E-state index in [2.05, 4.69) is 28.8 Å². The number of nitrogens with one attached hydrogen (secondary N) is 2. The summed E-state index contributed by atoms with van der Waals surface area (Å²) in [6, 6.07) is 6.24. The summed E-state index contributed by atoms with van der Waals surface area (Å²) in [4.78, 5) is 29.7. The molecule has 1 heterocycles. The van der Waals surface area contributed by atoms with Crippen molar-refractivity contribution in [1.82, 2.24) is 19.8 Å². The van der Waals surface area contributed by atoms with Crippen molar-refractivity contribution in [2.24, 2.45) is 11.3 Å². The number of carbonyl (C=O) groups is 2.